The number of nitrogens with zero attached hydrogens (tertiary/aromatic N) is 1. The lowest BCUT2D eigenvalue weighted by molar-refractivity contribution is 0.0275. The first-order chi connectivity index (χ1) is 5.70. The molecule has 0 radical (unpaired) electrons. The second-order valence-corrected chi connectivity index (χ2v) is 3.55. The summed E-state index contributed by atoms with van der Waals surface area (Å²) in [6, 6.07) is 0.120. The van der Waals surface area contributed by atoms with Crippen LogP contribution < -0.4 is 0 Å². The zero-order valence-corrected chi connectivity index (χ0v) is 7.06. The fourth-order valence-electron chi connectivity index (χ4n) is 1.99. The summed E-state index contributed by atoms with van der Waals surface area (Å²) in [5, 5.41) is 9.54. The number of piperidine rings is 1. The Morgan fingerprint density at radius 3 is 3.00 bits per heavy atom. The molecule has 1 N–H and O–H groups in total. The topological polar surface area (TPSA) is 49.8 Å². The highest BCUT2D eigenvalue weighted by atomic mass is 16.6. The summed E-state index contributed by atoms with van der Waals surface area (Å²) in [6.07, 6.45) is 0.977. The predicted molar refractivity (Wildman–Crippen MR) is 41.7 cm³/mol. The smallest absolute Gasteiger partial charge is 0.410 e. The number of hydrogen-bond donors (Lipinski definition) is 1. The van der Waals surface area contributed by atoms with Crippen LogP contribution in [0.3, 0.4) is 0 Å². The Morgan fingerprint density at radius 1 is 1.58 bits per heavy atom. The van der Waals surface area contributed by atoms with Gasteiger partial charge in [-0.3, -0.25) is 4.90 Å². The molecule has 2 heterocycles. The molecule has 0 spiro atoms. The minimum absolute atomic E-state index is 0.0961. The third-order valence-electron chi connectivity index (χ3n) is 2.74. The Labute approximate surface area is 71.1 Å². The van der Waals surface area contributed by atoms with Crippen molar-refractivity contribution in [2.75, 3.05) is 6.61 Å². The molecule has 0 aromatic carbocycles. The second-order valence-electron chi connectivity index (χ2n) is 3.55. The standard InChI is InChI=1S/C8H13NO3/c1-5-2-3-7(10)6-4-12-8(11)9(5)6/h5-7,10H,2-4H2,1H3/t5-,6-,7?/m1/s1. The van der Waals surface area contributed by atoms with E-state index in [4.69, 9.17) is 4.74 Å². The Bertz CT molecular complexity index is 206. The average molecular weight is 171 g/mol. The van der Waals surface area contributed by atoms with Gasteiger partial charge in [0.25, 0.3) is 0 Å². The van der Waals surface area contributed by atoms with Gasteiger partial charge < -0.3 is 9.84 Å². The molecule has 3 atom stereocenters. The number of carbonyl (C=O) groups excluding carboxylic acids is 1. The molecule has 2 rings (SSSR count). The summed E-state index contributed by atoms with van der Waals surface area (Å²) < 4.78 is 4.87. The third-order valence-corrected chi connectivity index (χ3v) is 2.74. The van der Waals surface area contributed by atoms with Crippen LogP contribution in [-0.4, -0.2) is 40.9 Å². The monoisotopic (exact) mass is 171 g/mol. The lowest BCUT2D eigenvalue weighted by Gasteiger charge is -2.36. The zero-order chi connectivity index (χ0) is 8.72. The summed E-state index contributed by atoms with van der Waals surface area (Å²) in [6.45, 7) is 2.34. The molecule has 1 unspecified atom stereocenters. The average Bonchev–Trinajstić information content (AvgIpc) is 2.42. The molecule has 12 heavy (non-hydrogen) atoms. The van der Waals surface area contributed by atoms with Crippen molar-refractivity contribution in [1.29, 1.82) is 0 Å². The van der Waals surface area contributed by atoms with Crippen molar-refractivity contribution < 1.29 is 14.6 Å². The molecule has 68 valence electrons. The van der Waals surface area contributed by atoms with Gasteiger partial charge in [0, 0.05) is 6.04 Å². The van der Waals surface area contributed by atoms with E-state index in [2.05, 4.69) is 0 Å². The highest BCUT2D eigenvalue weighted by molar-refractivity contribution is 5.70. The van der Waals surface area contributed by atoms with Crippen molar-refractivity contribution in [2.45, 2.75) is 38.0 Å². The number of aliphatic hydroxyl groups is 1. The fraction of sp³-hybridized carbons (Fsp3) is 0.875. The van der Waals surface area contributed by atoms with Crippen molar-refractivity contribution in [3.63, 3.8) is 0 Å². The van der Waals surface area contributed by atoms with Gasteiger partial charge in [-0.25, -0.2) is 4.79 Å². The van der Waals surface area contributed by atoms with Gasteiger partial charge in [0.1, 0.15) is 6.61 Å². The van der Waals surface area contributed by atoms with Crippen LogP contribution in [0, 0.1) is 0 Å². The maximum atomic E-state index is 11.2. The summed E-state index contributed by atoms with van der Waals surface area (Å²) in [7, 11) is 0. The largest absolute Gasteiger partial charge is 0.447 e. The molecule has 0 aliphatic carbocycles. The number of cyclic esters (lactones) is 1. The third kappa shape index (κ3) is 0.982. The number of hydrogen-bond acceptors (Lipinski definition) is 3. The highest BCUT2D eigenvalue weighted by Crippen LogP contribution is 2.28. The Balaban J connectivity index is 2.18. The van der Waals surface area contributed by atoms with Crippen molar-refractivity contribution in [1.82, 2.24) is 4.90 Å². The molecule has 2 aliphatic heterocycles. The van der Waals surface area contributed by atoms with E-state index in [0.717, 1.165) is 12.8 Å². The molecule has 4 heteroatoms. The summed E-state index contributed by atoms with van der Waals surface area (Å²) in [5.41, 5.74) is 0. The maximum Gasteiger partial charge on any atom is 0.410 e. The van der Waals surface area contributed by atoms with Crippen LogP contribution >= 0.6 is 0 Å². The number of carbonyl (C=O) groups is 1. The van der Waals surface area contributed by atoms with Crippen LogP contribution in [0.5, 0.6) is 0 Å². The van der Waals surface area contributed by atoms with E-state index in [1.165, 1.54) is 0 Å². The highest BCUT2D eigenvalue weighted by Gasteiger charge is 2.43. The predicted octanol–water partition coefficient (Wildman–Crippen LogP) is 0.350. The minimum Gasteiger partial charge on any atom is -0.447 e. The van der Waals surface area contributed by atoms with Crippen molar-refractivity contribution in [3.05, 3.63) is 0 Å². The SMILES string of the molecule is C[C@@H]1CCC(O)[C@H]2COC(=O)N12. The van der Waals surface area contributed by atoms with Crippen molar-refractivity contribution in [2.24, 2.45) is 0 Å². The van der Waals surface area contributed by atoms with E-state index in [9.17, 15) is 9.90 Å². The van der Waals surface area contributed by atoms with E-state index >= 15 is 0 Å². The zero-order valence-electron chi connectivity index (χ0n) is 7.06. The van der Waals surface area contributed by atoms with E-state index < -0.39 is 6.10 Å². The van der Waals surface area contributed by atoms with Crippen LogP contribution in [0.4, 0.5) is 4.79 Å². The first kappa shape index (κ1) is 7.86. The number of rotatable bonds is 0. The Hall–Kier alpha value is -0.770. The molecule has 0 bridgehead atoms. The van der Waals surface area contributed by atoms with Gasteiger partial charge in [0.2, 0.25) is 0 Å². The van der Waals surface area contributed by atoms with E-state index in [1.54, 1.807) is 4.90 Å². The van der Waals surface area contributed by atoms with Gasteiger partial charge in [-0.2, -0.15) is 0 Å². The molecule has 0 saturated carbocycles. The van der Waals surface area contributed by atoms with Gasteiger partial charge in [0.05, 0.1) is 12.1 Å². The first-order valence-corrected chi connectivity index (χ1v) is 4.33. The van der Waals surface area contributed by atoms with Gasteiger partial charge in [0.15, 0.2) is 0 Å². The number of amides is 1. The molecule has 4 nitrogen and oxygen atoms in total. The van der Waals surface area contributed by atoms with E-state index in [0.29, 0.717) is 6.61 Å². The molecule has 1 amide bonds. The summed E-state index contributed by atoms with van der Waals surface area (Å²) >= 11 is 0. The van der Waals surface area contributed by atoms with Gasteiger partial charge in [-0.05, 0) is 19.8 Å². The quantitative estimate of drug-likeness (QED) is 0.572. The van der Waals surface area contributed by atoms with E-state index in [-0.39, 0.29) is 18.2 Å². The Morgan fingerprint density at radius 2 is 2.33 bits per heavy atom. The van der Waals surface area contributed by atoms with Crippen LogP contribution in [0.1, 0.15) is 19.8 Å². The first-order valence-electron chi connectivity index (χ1n) is 4.33. The molecule has 2 fully saturated rings. The molecular formula is C8H13NO3. The Kier molecular flexibility index (Phi) is 1.72. The van der Waals surface area contributed by atoms with Crippen LogP contribution in [0.2, 0.25) is 0 Å². The number of fused-ring (bicyclic) bond motifs is 1. The van der Waals surface area contributed by atoms with Crippen LogP contribution in [0.15, 0.2) is 0 Å². The van der Waals surface area contributed by atoms with E-state index in [1.807, 2.05) is 6.92 Å². The molecule has 2 saturated heterocycles. The molecule has 0 aromatic heterocycles. The summed E-state index contributed by atoms with van der Waals surface area (Å²) in [4.78, 5) is 12.8. The maximum absolute atomic E-state index is 11.2. The lowest BCUT2D eigenvalue weighted by atomic mass is 9.95. The minimum atomic E-state index is -0.396. The molecule has 0 aromatic rings. The normalized spacial score (nSPS) is 41.0. The van der Waals surface area contributed by atoms with Crippen molar-refractivity contribution in [3.8, 4) is 0 Å². The number of aliphatic hydroxyl groups excluding tert-OH is 1. The van der Waals surface area contributed by atoms with Crippen molar-refractivity contribution >= 4 is 6.09 Å². The molecule has 2 aliphatic rings. The van der Waals surface area contributed by atoms with Gasteiger partial charge in [-0.1, -0.05) is 0 Å². The van der Waals surface area contributed by atoms with Gasteiger partial charge >= 0.3 is 6.09 Å². The summed E-state index contributed by atoms with van der Waals surface area (Å²) in [5.74, 6) is 0. The van der Waals surface area contributed by atoms with Gasteiger partial charge in [-0.15, -0.1) is 0 Å². The molecular weight excluding hydrogens is 158 g/mol. The second kappa shape index (κ2) is 2.62. The fourth-order valence-corrected chi connectivity index (χ4v) is 1.99. The number of ether oxygens (including phenoxy) is 1. The lowest BCUT2D eigenvalue weighted by Crippen LogP contribution is -2.51. The van der Waals surface area contributed by atoms with Crippen LogP contribution in [0.25, 0.3) is 0 Å². The van der Waals surface area contributed by atoms with Crippen LogP contribution in [-0.2, 0) is 4.74 Å².